The fourth-order valence-corrected chi connectivity index (χ4v) is 1.97. The Morgan fingerprint density at radius 3 is 2.58 bits per heavy atom. The molecule has 1 aromatic heterocycles. The van der Waals surface area contributed by atoms with Gasteiger partial charge in [-0.3, -0.25) is 9.59 Å². The van der Waals surface area contributed by atoms with Crippen molar-refractivity contribution in [2.24, 2.45) is 0 Å². The Labute approximate surface area is 119 Å². The summed E-state index contributed by atoms with van der Waals surface area (Å²) in [5, 5.41) is 2.80. The predicted octanol–water partition coefficient (Wildman–Crippen LogP) is 2.63. The number of amides is 1. The third-order valence-electron chi connectivity index (χ3n) is 2.79. The van der Waals surface area contributed by atoms with Gasteiger partial charge in [0.05, 0.1) is 6.04 Å². The fourth-order valence-electron chi connectivity index (χ4n) is 1.70. The maximum Gasteiger partial charge on any atom is 0.257 e. The largest absolute Gasteiger partial charge is 0.367 e. The lowest BCUT2D eigenvalue weighted by atomic mass is 10.1. The van der Waals surface area contributed by atoms with Gasteiger partial charge in [-0.15, -0.1) is 0 Å². The second-order valence-corrected chi connectivity index (χ2v) is 5.08. The number of nitrogens with one attached hydrogen (secondary N) is 2. The van der Waals surface area contributed by atoms with Crippen LogP contribution in [0.1, 0.15) is 28.9 Å². The highest BCUT2D eigenvalue weighted by molar-refractivity contribution is 9.10. The van der Waals surface area contributed by atoms with Gasteiger partial charge in [-0.2, -0.15) is 0 Å². The Morgan fingerprint density at radius 1 is 1.26 bits per heavy atom. The number of aromatic nitrogens is 1. The fraction of sp³-hybridized carbons (Fsp3) is 0.143. The Bertz CT molecular complexity index is 634. The van der Waals surface area contributed by atoms with Crippen LogP contribution in [0.2, 0.25) is 0 Å². The van der Waals surface area contributed by atoms with Crippen LogP contribution < -0.4 is 10.7 Å². The molecule has 0 spiro atoms. The van der Waals surface area contributed by atoms with Crippen LogP contribution in [0.15, 0.2) is 52.0 Å². The molecule has 0 bridgehead atoms. The van der Waals surface area contributed by atoms with Crippen molar-refractivity contribution in [2.45, 2.75) is 13.0 Å². The Hall–Kier alpha value is -1.88. The molecule has 5 heteroatoms. The van der Waals surface area contributed by atoms with Gasteiger partial charge in [-0.1, -0.05) is 28.1 Å². The second kappa shape index (κ2) is 5.84. The molecule has 0 aliphatic heterocycles. The van der Waals surface area contributed by atoms with Gasteiger partial charge >= 0.3 is 0 Å². The van der Waals surface area contributed by atoms with E-state index in [4.69, 9.17) is 0 Å². The van der Waals surface area contributed by atoms with Crippen LogP contribution in [-0.2, 0) is 0 Å². The monoisotopic (exact) mass is 320 g/mol. The van der Waals surface area contributed by atoms with Crippen molar-refractivity contribution in [3.05, 3.63) is 68.5 Å². The maximum absolute atomic E-state index is 12.0. The molecule has 1 heterocycles. The zero-order valence-electron chi connectivity index (χ0n) is 10.3. The van der Waals surface area contributed by atoms with Gasteiger partial charge in [0.25, 0.3) is 5.91 Å². The quantitative estimate of drug-likeness (QED) is 0.913. The number of hydrogen-bond acceptors (Lipinski definition) is 2. The van der Waals surface area contributed by atoms with E-state index in [1.165, 1.54) is 18.5 Å². The highest BCUT2D eigenvalue weighted by Crippen LogP contribution is 2.16. The zero-order valence-corrected chi connectivity index (χ0v) is 11.9. The van der Waals surface area contributed by atoms with Gasteiger partial charge in [0.15, 0.2) is 5.43 Å². The predicted molar refractivity (Wildman–Crippen MR) is 77.1 cm³/mol. The van der Waals surface area contributed by atoms with Crippen molar-refractivity contribution in [3.63, 3.8) is 0 Å². The molecule has 0 saturated heterocycles. The number of rotatable bonds is 3. The summed E-state index contributed by atoms with van der Waals surface area (Å²) in [5.41, 5.74) is 0.801. The van der Waals surface area contributed by atoms with E-state index >= 15 is 0 Å². The van der Waals surface area contributed by atoms with Gasteiger partial charge in [-0.05, 0) is 24.6 Å². The van der Waals surface area contributed by atoms with E-state index in [2.05, 4.69) is 26.2 Å². The standard InChI is InChI=1S/C14H13BrN2O2/c1-9(10-2-4-11(15)5-3-10)17-14(19)12-8-16-7-6-13(12)18/h2-9H,1H3,(H,16,18)(H,17,19). The van der Waals surface area contributed by atoms with E-state index in [0.717, 1.165) is 10.0 Å². The summed E-state index contributed by atoms with van der Waals surface area (Å²) in [6.45, 7) is 1.87. The topological polar surface area (TPSA) is 62.0 Å². The molecule has 2 N–H and O–H groups in total. The molecular weight excluding hydrogens is 308 g/mol. The summed E-state index contributed by atoms with van der Waals surface area (Å²) in [5.74, 6) is -0.378. The lowest BCUT2D eigenvalue weighted by Crippen LogP contribution is -2.30. The molecule has 1 amide bonds. The molecule has 19 heavy (non-hydrogen) atoms. The molecular formula is C14H13BrN2O2. The van der Waals surface area contributed by atoms with Crippen LogP contribution in [0.4, 0.5) is 0 Å². The summed E-state index contributed by atoms with van der Waals surface area (Å²) < 4.78 is 0.981. The molecule has 0 aliphatic rings. The summed E-state index contributed by atoms with van der Waals surface area (Å²) >= 11 is 3.36. The zero-order chi connectivity index (χ0) is 13.8. The van der Waals surface area contributed by atoms with Crippen LogP contribution in [0.5, 0.6) is 0 Å². The van der Waals surface area contributed by atoms with Gasteiger partial charge in [-0.25, -0.2) is 0 Å². The number of carbonyl (C=O) groups is 1. The van der Waals surface area contributed by atoms with E-state index in [0.29, 0.717) is 0 Å². The molecule has 2 aromatic rings. The molecule has 1 atom stereocenters. The summed E-state index contributed by atoms with van der Waals surface area (Å²) in [4.78, 5) is 26.2. The van der Waals surface area contributed by atoms with Crippen LogP contribution >= 0.6 is 15.9 Å². The number of benzene rings is 1. The first-order valence-electron chi connectivity index (χ1n) is 5.81. The molecule has 4 nitrogen and oxygen atoms in total. The average Bonchev–Trinajstić information content (AvgIpc) is 2.39. The molecule has 2 rings (SSSR count). The van der Waals surface area contributed by atoms with E-state index < -0.39 is 0 Å². The smallest absolute Gasteiger partial charge is 0.257 e. The van der Waals surface area contributed by atoms with Crippen molar-refractivity contribution in [1.82, 2.24) is 10.3 Å². The lowest BCUT2D eigenvalue weighted by molar-refractivity contribution is 0.0938. The van der Waals surface area contributed by atoms with E-state index in [1.54, 1.807) is 0 Å². The number of pyridine rings is 1. The highest BCUT2D eigenvalue weighted by Gasteiger charge is 2.13. The Kier molecular flexibility index (Phi) is 4.16. The van der Waals surface area contributed by atoms with Crippen molar-refractivity contribution >= 4 is 21.8 Å². The van der Waals surface area contributed by atoms with Crippen LogP contribution in [0, 0.1) is 0 Å². The first kappa shape index (κ1) is 13.5. The van der Waals surface area contributed by atoms with Crippen molar-refractivity contribution in [2.75, 3.05) is 0 Å². The van der Waals surface area contributed by atoms with Crippen LogP contribution in [-0.4, -0.2) is 10.9 Å². The molecule has 0 aliphatic carbocycles. The summed E-state index contributed by atoms with van der Waals surface area (Å²) in [6.07, 6.45) is 2.91. The van der Waals surface area contributed by atoms with Crippen molar-refractivity contribution in [1.29, 1.82) is 0 Å². The number of halogens is 1. The van der Waals surface area contributed by atoms with E-state index in [9.17, 15) is 9.59 Å². The van der Waals surface area contributed by atoms with E-state index in [1.807, 2.05) is 31.2 Å². The average molecular weight is 321 g/mol. The Morgan fingerprint density at radius 2 is 1.95 bits per heavy atom. The Balaban J connectivity index is 2.13. The van der Waals surface area contributed by atoms with Gasteiger partial charge in [0.2, 0.25) is 0 Å². The number of hydrogen-bond donors (Lipinski definition) is 2. The third kappa shape index (κ3) is 3.32. The first-order valence-corrected chi connectivity index (χ1v) is 6.60. The normalized spacial score (nSPS) is 11.9. The van der Waals surface area contributed by atoms with Gasteiger partial charge < -0.3 is 10.3 Å². The SMILES string of the molecule is CC(NC(=O)c1c[nH]ccc1=O)c1ccc(Br)cc1. The second-order valence-electron chi connectivity index (χ2n) is 4.17. The summed E-state index contributed by atoms with van der Waals surface area (Å²) in [7, 11) is 0. The minimum Gasteiger partial charge on any atom is -0.367 e. The highest BCUT2D eigenvalue weighted by atomic mass is 79.9. The van der Waals surface area contributed by atoms with Crippen LogP contribution in [0.25, 0.3) is 0 Å². The van der Waals surface area contributed by atoms with Crippen molar-refractivity contribution in [3.8, 4) is 0 Å². The minimum atomic E-state index is -0.378. The molecule has 1 aromatic carbocycles. The third-order valence-corrected chi connectivity index (χ3v) is 3.31. The van der Waals surface area contributed by atoms with Gasteiger partial charge in [0.1, 0.15) is 5.56 Å². The molecule has 98 valence electrons. The number of carbonyl (C=O) groups excluding carboxylic acids is 1. The molecule has 1 unspecified atom stereocenters. The molecule has 0 fully saturated rings. The van der Waals surface area contributed by atoms with Gasteiger partial charge in [0, 0.05) is 22.9 Å². The first-order chi connectivity index (χ1) is 9.08. The number of aromatic amines is 1. The minimum absolute atomic E-state index is 0.117. The van der Waals surface area contributed by atoms with E-state index in [-0.39, 0.29) is 22.9 Å². The molecule has 0 saturated carbocycles. The van der Waals surface area contributed by atoms with Crippen molar-refractivity contribution < 1.29 is 4.79 Å². The number of H-pyrrole nitrogens is 1. The lowest BCUT2D eigenvalue weighted by Gasteiger charge is -2.14. The van der Waals surface area contributed by atoms with Crippen LogP contribution in [0.3, 0.4) is 0 Å². The maximum atomic E-state index is 12.0. The molecule has 0 radical (unpaired) electrons. The summed E-state index contributed by atoms with van der Waals surface area (Å²) in [6, 6.07) is 8.83.